The minimum atomic E-state index is -0.965. The molecule has 1 aliphatic heterocycles. The Kier molecular flexibility index (Phi) is 4.69. The van der Waals surface area contributed by atoms with Gasteiger partial charge in [0.1, 0.15) is 11.3 Å². The normalized spacial score (nSPS) is 19.6. The predicted molar refractivity (Wildman–Crippen MR) is 123 cm³/mol. The van der Waals surface area contributed by atoms with Gasteiger partial charge in [0.2, 0.25) is 0 Å². The Labute approximate surface area is 189 Å². The van der Waals surface area contributed by atoms with Crippen LogP contribution in [0.4, 0.5) is 0 Å². The molecule has 0 spiro atoms. The molecule has 0 bridgehead atoms. The third-order valence-electron chi connectivity index (χ3n) is 5.82. The summed E-state index contributed by atoms with van der Waals surface area (Å²) in [5, 5.41) is 19.6. The maximum Gasteiger partial charge on any atom is 0.175 e. The number of benzene rings is 3. The number of nitriles is 1. The molecule has 1 aromatic heterocycles. The average molecular weight is 440 g/mol. The first-order chi connectivity index (χ1) is 15.5. The molecule has 32 heavy (non-hydrogen) atoms. The van der Waals surface area contributed by atoms with Crippen LogP contribution in [-0.2, 0) is 5.54 Å². The van der Waals surface area contributed by atoms with Crippen LogP contribution in [0.2, 0.25) is 5.02 Å². The molecule has 0 saturated carbocycles. The maximum absolute atomic E-state index is 10.0. The molecule has 2 unspecified atom stereocenters. The van der Waals surface area contributed by atoms with E-state index in [1.165, 1.54) is 0 Å². The first-order valence-electron chi connectivity index (χ1n) is 9.97. The number of halogens is 1. The topological polar surface area (TPSA) is 100 Å². The van der Waals surface area contributed by atoms with Crippen molar-refractivity contribution < 1.29 is 5.11 Å². The number of phenolic OH excluding ortho intramolecular Hbond substituents is 1. The van der Waals surface area contributed by atoms with Crippen molar-refractivity contribution >= 4 is 17.4 Å². The molecule has 2 atom stereocenters. The Hall–Kier alpha value is -4.08. The zero-order chi connectivity index (χ0) is 22.3. The summed E-state index contributed by atoms with van der Waals surface area (Å²) < 4.78 is 1.98. The fourth-order valence-corrected chi connectivity index (χ4v) is 4.61. The lowest BCUT2D eigenvalue weighted by molar-refractivity contribution is 0.362. The predicted octanol–water partition coefficient (Wildman–Crippen LogP) is 4.37. The van der Waals surface area contributed by atoms with Crippen molar-refractivity contribution in [3.05, 3.63) is 118 Å². The number of imidazole rings is 1. The number of hydrogen-bond donors (Lipinski definition) is 2. The second kappa shape index (κ2) is 7.56. The molecule has 5 rings (SSSR count). The molecule has 0 radical (unpaired) electrons. The first-order valence-corrected chi connectivity index (χ1v) is 10.4. The lowest BCUT2D eigenvalue weighted by atomic mass is 9.73. The molecule has 6 nitrogen and oxygen atoms in total. The summed E-state index contributed by atoms with van der Waals surface area (Å²) in [7, 11) is 0. The van der Waals surface area contributed by atoms with Crippen molar-refractivity contribution in [3.63, 3.8) is 0 Å². The average Bonchev–Trinajstić information content (AvgIpc) is 3.32. The Morgan fingerprint density at radius 1 is 1.03 bits per heavy atom. The zero-order valence-electron chi connectivity index (χ0n) is 16.9. The van der Waals surface area contributed by atoms with Gasteiger partial charge in [-0.25, -0.2) is 9.98 Å². The molecule has 7 heteroatoms. The quantitative estimate of drug-likeness (QED) is 0.495. The molecular formula is C25H18ClN5O. The van der Waals surface area contributed by atoms with E-state index in [0.29, 0.717) is 17.2 Å². The van der Waals surface area contributed by atoms with Crippen molar-refractivity contribution in [1.29, 1.82) is 5.26 Å². The maximum atomic E-state index is 10.0. The van der Waals surface area contributed by atoms with Gasteiger partial charge >= 0.3 is 0 Å². The highest BCUT2D eigenvalue weighted by Gasteiger charge is 2.48. The largest absolute Gasteiger partial charge is 0.506 e. The second-order valence-electron chi connectivity index (χ2n) is 7.59. The third kappa shape index (κ3) is 2.95. The van der Waals surface area contributed by atoms with E-state index in [2.05, 4.69) is 11.1 Å². The molecule has 156 valence electrons. The van der Waals surface area contributed by atoms with Crippen molar-refractivity contribution in [1.82, 2.24) is 9.55 Å². The molecule has 0 fully saturated rings. The molecule has 4 aromatic rings. The van der Waals surface area contributed by atoms with Crippen LogP contribution in [-0.4, -0.2) is 20.5 Å². The van der Waals surface area contributed by atoms with Gasteiger partial charge in [-0.3, -0.25) is 0 Å². The number of aromatic nitrogens is 2. The van der Waals surface area contributed by atoms with Gasteiger partial charge in [-0.15, -0.1) is 0 Å². The van der Waals surface area contributed by atoms with Gasteiger partial charge in [-0.1, -0.05) is 60.1 Å². The summed E-state index contributed by atoms with van der Waals surface area (Å²) in [4.78, 5) is 9.47. The molecule has 3 N–H and O–H groups in total. The number of nitrogens with two attached hydrogens (primary N) is 1. The van der Waals surface area contributed by atoms with Gasteiger partial charge in [-0.2, -0.15) is 5.26 Å². The van der Waals surface area contributed by atoms with Crippen LogP contribution in [0.15, 0.2) is 90.2 Å². The van der Waals surface area contributed by atoms with Crippen LogP contribution in [0, 0.1) is 11.3 Å². The smallest absolute Gasteiger partial charge is 0.175 e. The van der Waals surface area contributed by atoms with E-state index >= 15 is 0 Å². The van der Waals surface area contributed by atoms with Crippen LogP contribution in [0.5, 0.6) is 5.75 Å². The number of phenols is 1. The zero-order valence-corrected chi connectivity index (χ0v) is 17.6. The van der Waals surface area contributed by atoms with Crippen LogP contribution in [0.3, 0.4) is 0 Å². The summed E-state index contributed by atoms with van der Waals surface area (Å²) >= 11 is 6.32. The highest BCUT2D eigenvalue weighted by atomic mass is 35.5. The fourth-order valence-electron chi connectivity index (χ4n) is 4.42. The Morgan fingerprint density at radius 2 is 1.75 bits per heavy atom. The van der Waals surface area contributed by atoms with Crippen LogP contribution in [0.25, 0.3) is 0 Å². The van der Waals surface area contributed by atoms with E-state index in [0.717, 1.165) is 16.7 Å². The molecule has 0 amide bonds. The molecule has 0 aliphatic carbocycles. The lowest BCUT2D eigenvalue weighted by Gasteiger charge is -2.43. The van der Waals surface area contributed by atoms with E-state index in [1.54, 1.807) is 30.5 Å². The van der Waals surface area contributed by atoms with Crippen molar-refractivity contribution in [2.45, 2.75) is 11.6 Å². The van der Waals surface area contributed by atoms with E-state index in [-0.39, 0.29) is 10.8 Å². The van der Waals surface area contributed by atoms with Gasteiger partial charge in [0.25, 0.3) is 0 Å². The van der Waals surface area contributed by atoms with Crippen LogP contribution < -0.4 is 5.73 Å². The summed E-state index contributed by atoms with van der Waals surface area (Å²) in [6.07, 6.45) is 3.55. The summed E-state index contributed by atoms with van der Waals surface area (Å²) in [6, 6.07) is 24.1. The molecule has 1 aliphatic rings. The number of aromatic hydroxyl groups is 1. The highest BCUT2D eigenvalue weighted by Crippen LogP contribution is 2.50. The summed E-state index contributed by atoms with van der Waals surface area (Å²) in [5.74, 6) is 0.868. The summed E-state index contributed by atoms with van der Waals surface area (Å²) in [6.45, 7) is 0. The number of amidine groups is 1. The number of aliphatic imine (C=N–C) groups is 1. The second-order valence-corrected chi connectivity index (χ2v) is 8.00. The Balaban J connectivity index is 1.88. The highest BCUT2D eigenvalue weighted by molar-refractivity contribution is 6.32. The summed E-state index contributed by atoms with van der Waals surface area (Å²) in [5.41, 5.74) is 8.64. The number of fused-ring (bicyclic) bond motifs is 1. The standard InChI is InChI=1S/C25H18ClN5O/c26-20-14-17(8-11-21(20)32)22-25(18-4-2-1-3-5-18,19-9-6-16(15-27)7-10-19)30-23(28)24-29-12-13-31(22)24/h1-14,22,32H,(H2,28,30). The van der Waals surface area contributed by atoms with Crippen LogP contribution in [0.1, 0.15) is 34.1 Å². The van der Waals surface area contributed by atoms with Crippen molar-refractivity contribution in [2.75, 3.05) is 0 Å². The van der Waals surface area contributed by atoms with E-state index < -0.39 is 11.6 Å². The number of rotatable bonds is 3. The molecule has 0 saturated heterocycles. The van der Waals surface area contributed by atoms with Gasteiger partial charge in [0, 0.05) is 12.4 Å². The Morgan fingerprint density at radius 3 is 2.44 bits per heavy atom. The van der Waals surface area contributed by atoms with Gasteiger partial charge in [-0.05, 0) is 41.0 Å². The third-order valence-corrected chi connectivity index (χ3v) is 6.13. The monoisotopic (exact) mass is 439 g/mol. The van der Waals surface area contributed by atoms with Crippen molar-refractivity contribution in [3.8, 4) is 11.8 Å². The molecule has 3 aromatic carbocycles. The minimum absolute atomic E-state index is 0.00350. The molecule has 2 heterocycles. The van der Waals surface area contributed by atoms with Crippen LogP contribution >= 0.6 is 11.6 Å². The van der Waals surface area contributed by atoms with Gasteiger partial charge < -0.3 is 15.4 Å². The van der Waals surface area contributed by atoms with Gasteiger partial charge in [0.15, 0.2) is 11.7 Å². The number of nitrogens with zero attached hydrogens (tertiary/aromatic N) is 4. The lowest BCUT2D eigenvalue weighted by Crippen LogP contribution is -2.44. The van der Waals surface area contributed by atoms with E-state index in [4.69, 9.17) is 22.3 Å². The minimum Gasteiger partial charge on any atom is -0.506 e. The first kappa shape index (κ1) is 19.9. The Bertz CT molecular complexity index is 1370. The fraction of sp³-hybridized carbons (Fsp3) is 0.0800. The molecular weight excluding hydrogens is 422 g/mol. The van der Waals surface area contributed by atoms with Crippen molar-refractivity contribution in [2.24, 2.45) is 10.7 Å². The SMILES string of the molecule is N#Cc1ccc(C2(c3ccccc3)N=C(N)c3nccn3C2c2ccc(O)c(Cl)c2)cc1. The number of hydrogen-bond acceptors (Lipinski definition) is 5. The van der Waals surface area contributed by atoms with E-state index in [1.807, 2.05) is 59.3 Å². The van der Waals surface area contributed by atoms with E-state index in [9.17, 15) is 10.4 Å². The van der Waals surface area contributed by atoms with Gasteiger partial charge in [0.05, 0.1) is 22.7 Å².